The van der Waals surface area contributed by atoms with Crippen LogP contribution in [0.25, 0.3) is 0 Å². The van der Waals surface area contributed by atoms with Crippen LogP contribution < -0.4 is 0 Å². The Balaban J connectivity index is 2.39. The third kappa shape index (κ3) is 1.07. The van der Waals surface area contributed by atoms with Gasteiger partial charge in [-0.25, -0.2) is 0 Å². The summed E-state index contributed by atoms with van der Waals surface area (Å²) in [5, 5.41) is 0. The van der Waals surface area contributed by atoms with Crippen LogP contribution in [0.1, 0.15) is 0 Å². The van der Waals surface area contributed by atoms with Gasteiger partial charge < -0.3 is 0 Å². The fraction of sp³-hybridized carbons (Fsp3) is 0.667. The summed E-state index contributed by atoms with van der Waals surface area (Å²) in [5.74, 6) is 6.17. The predicted octanol–water partition coefficient (Wildman–Crippen LogP) is 1.71. The molecule has 1 rings (SSSR count). The van der Waals surface area contributed by atoms with Crippen LogP contribution in [0.3, 0.4) is 0 Å². The molecular formula is C6H10Si. The van der Waals surface area contributed by atoms with Crippen LogP contribution in [0.2, 0.25) is 25.2 Å². The highest BCUT2D eigenvalue weighted by Crippen LogP contribution is 2.26. The van der Waals surface area contributed by atoms with Crippen molar-refractivity contribution in [1.82, 2.24) is 0 Å². The fourth-order valence-corrected chi connectivity index (χ4v) is 1.42. The Kier molecular flexibility index (Phi) is 0.798. The molecule has 0 saturated carbocycles. The summed E-state index contributed by atoms with van der Waals surface area (Å²) in [5.41, 5.74) is 0.687. The van der Waals surface area contributed by atoms with Gasteiger partial charge >= 0.3 is 0 Å². The maximum atomic E-state index is 3.09. The van der Waals surface area contributed by atoms with Gasteiger partial charge in [0.15, 0.2) is 0 Å². The van der Waals surface area contributed by atoms with E-state index in [2.05, 4.69) is 31.5 Å². The molecule has 0 aliphatic heterocycles. The molecule has 0 unspecified atom stereocenters. The maximum Gasteiger partial charge on any atom is 0.0764 e. The summed E-state index contributed by atoms with van der Waals surface area (Å²) >= 11 is 0. The first-order chi connectivity index (χ1) is 3.11. The molecule has 0 bridgehead atoms. The lowest BCUT2D eigenvalue weighted by Gasteiger charge is -2.10. The summed E-state index contributed by atoms with van der Waals surface area (Å²) in [6.07, 6.45) is 0. The third-order valence-corrected chi connectivity index (χ3v) is 3.18. The molecule has 0 spiro atoms. The predicted molar refractivity (Wildman–Crippen MR) is 34.9 cm³/mol. The Morgan fingerprint density at radius 1 is 1.14 bits per heavy atom. The van der Waals surface area contributed by atoms with E-state index in [1.54, 1.807) is 0 Å². The van der Waals surface area contributed by atoms with E-state index >= 15 is 0 Å². The molecule has 0 aromatic carbocycles. The fourth-order valence-electron chi connectivity index (χ4n) is 0.475. The monoisotopic (exact) mass is 110 g/mol. The average molecular weight is 110 g/mol. The van der Waals surface area contributed by atoms with E-state index in [1.165, 1.54) is 0 Å². The van der Waals surface area contributed by atoms with E-state index in [9.17, 15) is 0 Å². The van der Waals surface area contributed by atoms with Crippen LogP contribution in [0.15, 0.2) is 0 Å². The minimum atomic E-state index is -0.846. The van der Waals surface area contributed by atoms with Gasteiger partial charge in [-0.15, -0.1) is 0 Å². The molecule has 38 valence electrons. The third-order valence-electron chi connectivity index (χ3n) is 1.15. The van der Waals surface area contributed by atoms with E-state index in [0.29, 0.717) is 5.54 Å². The van der Waals surface area contributed by atoms with Gasteiger partial charge in [-0.05, 0) is 0 Å². The molecule has 7 heavy (non-hydrogen) atoms. The molecule has 0 saturated heterocycles. The zero-order valence-corrected chi connectivity index (χ0v) is 6.08. The van der Waals surface area contributed by atoms with Crippen molar-refractivity contribution in [3.05, 3.63) is 0 Å². The average Bonchev–Trinajstić information content (AvgIpc) is 1.99. The Labute approximate surface area is 45.9 Å². The lowest BCUT2D eigenvalue weighted by molar-refractivity contribution is 1.48. The quantitative estimate of drug-likeness (QED) is 0.356. The van der Waals surface area contributed by atoms with Gasteiger partial charge in [0.2, 0.25) is 0 Å². The molecule has 0 aromatic heterocycles. The Morgan fingerprint density at radius 2 is 1.57 bits per heavy atom. The smallest absolute Gasteiger partial charge is 0.0764 e. The SMILES string of the molecule is C[Si](C)(C)C1C#C1. The molecule has 1 heteroatoms. The van der Waals surface area contributed by atoms with Crippen molar-refractivity contribution >= 4 is 8.07 Å². The first kappa shape index (κ1) is 4.92. The van der Waals surface area contributed by atoms with E-state index < -0.39 is 8.07 Å². The molecule has 0 nitrogen and oxygen atoms in total. The lowest BCUT2D eigenvalue weighted by Crippen LogP contribution is -2.21. The van der Waals surface area contributed by atoms with E-state index in [1.807, 2.05) is 0 Å². The topological polar surface area (TPSA) is 0 Å². The van der Waals surface area contributed by atoms with Gasteiger partial charge in [0.1, 0.15) is 0 Å². The van der Waals surface area contributed by atoms with Crippen molar-refractivity contribution in [2.24, 2.45) is 0 Å². The zero-order valence-electron chi connectivity index (χ0n) is 5.08. The summed E-state index contributed by atoms with van der Waals surface area (Å²) in [6.45, 7) is 7.01. The zero-order chi connectivity index (χ0) is 5.49. The van der Waals surface area contributed by atoms with Crippen LogP contribution in [0.5, 0.6) is 0 Å². The highest BCUT2D eigenvalue weighted by atomic mass is 28.3. The van der Waals surface area contributed by atoms with Crippen molar-refractivity contribution in [1.29, 1.82) is 0 Å². The first-order valence-electron chi connectivity index (χ1n) is 2.62. The van der Waals surface area contributed by atoms with Crippen molar-refractivity contribution in [3.8, 4) is 11.8 Å². The highest BCUT2D eigenvalue weighted by molar-refractivity contribution is 6.80. The van der Waals surface area contributed by atoms with E-state index in [4.69, 9.17) is 0 Å². The maximum absolute atomic E-state index is 3.09. The Bertz CT molecular complexity index is 122. The van der Waals surface area contributed by atoms with Gasteiger partial charge in [-0.3, -0.25) is 0 Å². The molecule has 0 radical (unpaired) electrons. The molecule has 1 aliphatic rings. The second-order valence-electron chi connectivity index (χ2n) is 3.09. The van der Waals surface area contributed by atoms with Crippen LogP contribution in [-0.2, 0) is 0 Å². The van der Waals surface area contributed by atoms with Crippen molar-refractivity contribution in [2.45, 2.75) is 25.2 Å². The second-order valence-corrected chi connectivity index (χ2v) is 8.40. The molecule has 0 N–H and O–H groups in total. The summed E-state index contributed by atoms with van der Waals surface area (Å²) in [4.78, 5) is 0. The standard InChI is InChI=1S/C6H10Si/c1-7(2,3)6-4-5-6/h6H,1-3H3. The van der Waals surface area contributed by atoms with Crippen molar-refractivity contribution in [2.75, 3.05) is 0 Å². The summed E-state index contributed by atoms with van der Waals surface area (Å²) in [7, 11) is -0.846. The summed E-state index contributed by atoms with van der Waals surface area (Å²) in [6, 6.07) is 0. The largest absolute Gasteiger partial charge is 0.0893 e. The van der Waals surface area contributed by atoms with Gasteiger partial charge in [0.25, 0.3) is 0 Å². The number of hydrogen-bond donors (Lipinski definition) is 0. The van der Waals surface area contributed by atoms with Crippen molar-refractivity contribution in [3.63, 3.8) is 0 Å². The summed E-state index contributed by atoms with van der Waals surface area (Å²) < 4.78 is 0. The first-order valence-corrected chi connectivity index (χ1v) is 6.19. The lowest BCUT2D eigenvalue weighted by atomic mass is 10.8. The molecule has 0 amide bonds. The number of hydrogen-bond acceptors (Lipinski definition) is 0. The molecule has 1 aliphatic carbocycles. The van der Waals surface area contributed by atoms with Crippen molar-refractivity contribution < 1.29 is 0 Å². The van der Waals surface area contributed by atoms with Gasteiger partial charge in [-0.2, -0.15) is 0 Å². The Hall–Kier alpha value is -0.223. The number of rotatable bonds is 1. The van der Waals surface area contributed by atoms with Gasteiger partial charge in [-0.1, -0.05) is 31.5 Å². The molecule has 0 atom stereocenters. The minimum Gasteiger partial charge on any atom is -0.0893 e. The van der Waals surface area contributed by atoms with Crippen LogP contribution in [0, 0.1) is 11.8 Å². The van der Waals surface area contributed by atoms with Crippen LogP contribution in [-0.4, -0.2) is 8.07 Å². The molecule has 0 heterocycles. The van der Waals surface area contributed by atoms with Crippen LogP contribution >= 0.6 is 0 Å². The second kappa shape index (κ2) is 1.14. The highest BCUT2D eigenvalue weighted by Gasteiger charge is 2.28. The van der Waals surface area contributed by atoms with E-state index in [0.717, 1.165) is 0 Å². The Morgan fingerprint density at radius 3 is 1.57 bits per heavy atom. The minimum absolute atomic E-state index is 0.687. The molecule has 0 fully saturated rings. The molecular weight excluding hydrogens is 100 g/mol. The van der Waals surface area contributed by atoms with Gasteiger partial charge in [0, 0.05) is 0 Å². The molecule has 0 aromatic rings. The normalized spacial score (nSPS) is 18.1. The van der Waals surface area contributed by atoms with Gasteiger partial charge in [0.05, 0.1) is 13.6 Å². The van der Waals surface area contributed by atoms with E-state index in [-0.39, 0.29) is 0 Å². The van der Waals surface area contributed by atoms with Crippen LogP contribution in [0.4, 0.5) is 0 Å².